The van der Waals surface area contributed by atoms with E-state index in [1.54, 1.807) is 0 Å². The van der Waals surface area contributed by atoms with Crippen LogP contribution < -0.4 is 0 Å². The third kappa shape index (κ3) is 3.53. The second kappa shape index (κ2) is 5.80. The molecule has 0 saturated carbocycles. The summed E-state index contributed by atoms with van der Waals surface area (Å²) in [5.41, 5.74) is 1.12. The molecule has 4 nitrogen and oxygen atoms in total. The van der Waals surface area contributed by atoms with Gasteiger partial charge in [0.15, 0.2) is 5.79 Å². The molecule has 0 aliphatic carbocycles. The predicted molar refractivity (Wildman–Crippen MR) is 67.0 cm³/mol. The van der Waals surface area contributed by atoms with Crippen LogP contribution in [0.1, 0.15) is 19.4 Å². The molecule has 0 aromatic heterocycles. The van der Waals surface area contributed by atoms with Gasteiger partial charge in [0, 0.05) is 0 Å². The highest BCUT2D eigenvalue weighted by atomic mass is 16.8. The first-order valence-electron chi connectivity index (χ1n) is 6.19. The lowest BCUT2D eigenvalue weighted by Gasteiger charge is -2.16. The van der Waals surface area contributed by atoms with Gasteiger partial charge in [-0.05, 0) is 19.4 Å². The second-order valence-electron chi connectivity index (χ2n) is 4.90. The number of hydrogen-bond acceptors (Lipinski definition) is 4. The van der Waals surface area contributed by atoms with Crippen LogP contribution in [0.15, 0.2) is 30.3 Å². The van der Waals surface area contributed by atoms with Crippen molar-refractivity contribution in [2.24, 2.45) is 0 Å². The Morgan fingerprint density at radius 3 is 2.50 bits per heavy atom. The summed E-state index contributed by atoms with van der Waals surface area (Å²) in [5, 5.41) is 9.22. The van der Waals surface area contributed by atoms with Crippen LogP contribution in [0.25, 0.3) is 0 Å². The zero-order valence-electron chi connectivity index (χ0n) is 10.8. The summed E-state index contributed by atoms with van der Waals surface area (Å²) in [6.07, 6.45) is -0.524. The van der Waals surface area contributed by atoms with Gasteiger partial charge in [0.05, 0.1) is 19.8 Å². The largest absolute Gasteiger partial charge is 0.394 e. The molecule has 2 rings (SSSR count). The minimum atomic E-state index is -0.645. The average molecular weight is 252 g/mol. The fourth-order valence-corrected chi connectivity index (χ4v) is 2.07. The molecule has 0 amide bonds. The van der Waals surface area contributed by atoms with Gasteiger partial charge >= 0.3 is 0 Å². The maximum Gasteiger partial charge on any atom is 0.163 e. The van der Waals surface area contributed by atoms with Crippen LogP contribution in [0.3, 0.4) is 0 Å². The topological polar surface area (TPSA) is 47.9 Å². The van der Waals surface area contributed by atoms with E-state index in [9.17, 15) is 5.11 Å². The molecule has 0 bridgehead atoms. The molecule has 0 unspecified atom stereocenters. The molecule has 4 heteroatoms. The zero-order chi connectivity index (χ0) is 13.0. The fourth-order valence-electron chi connectivity index (χ4n) is 2.07. The Labute approximate surface area is 107 Å². The van der Waals surface area contributed by atoms with E-state index in [0.717, 1.165) is 5.56 Å². The van der Waals surface area contributed by atoms with Gasteiger partial charge < -0.3 is 19.3 Å². The van der Waals surface area contributed by atoms with E-state index in [1.807, 2.05) is 44.2 Å². The Morgan fingerprint density at radius 2 is 1.83 bits per heavy atom. The second-order valence-corrected chi connectivity index (χ2v) is 4.90. The van der Waals surface area contributed by atoms with Crippen LogP contribution >= 0.6 is 0 Å². The summed E-state index contributed by atoms with van der Waals surface area (Å²) >= 11 is 0. The third-order valence-electron chi connectivity index (χ3n) is 2.86. The molecule has 1 aromatic carbocycles. The summed E-state index contributed by atoms with van der Waals surface area (Å²) in [5.74, 6) is -0.645. The van der Waals surface area contributed by atoms with Crippen molar-refractivity contribution >= 4 is 0 Å². The first-order chi connectivity index (χ1) is 8.61. The molecule has 1 aliphatic rings. The predicted octanol–water partition coefficient (Wildman–Crippen LogP) is 1.72. The molecule has 1 N–H and O–H groups in total. The SMILES string of the molecule is CC1(C)O[C@H](CO)[C@@H](COCc2ccccc2)O1. The summed E-state index contributed by atoms with van der Waals surface area (Å²) in [6, 6.07) is 9.96. The van der Waals surface area contributed by atoms with Gasteiger partial charge in [-0.25, -0.2) is 0 Å². The summed E-state index contributed by atoms with van der Waals surface area (Å²) in [7, 11) is 0. The number of ether oxygens (including phenoxy) is 3. The molecule has 1 saturated heterocycles. The molecule has 1 aromatic rings. The van der Waals surface area contributed by atoms with Gasteiger partial charge in [-0.2, -0.15) is 0 Å². The van der Waals surface area contributed by atoms with Crippen molar-refractivity contribution in [2.45, 2.75) is 38.4 Å². The van der Waals surface area contributed by atoms with E-state index in [0.29, 0.717) is 13.2 Å². The van der Waals surface area contributed by atoms with E-state index < -0.39 is 5.79 Å². The number of aliphatic hydroxyl groups excluding tert-OH is 1. The van der Waals surface area contributed by atoms with E-state index >= 15 is 0 Å². The van der Waals surface area contributed by atoms with Crippen molar-refractivity contribution in [3.63, 3.8) is 0 Å². The number of aliphatic hydroxyl groups is 1. The van der Waals surface area contributed by atoms with Crippen molar-refractivity contribution in [1.82, 2.24) is 0 Å². The smallest absolute Gasteiger partial charge is 0.163 e. The van der Waals surface area contributed by atoms with E-state index in [1.165, 1.54) is 0 Å². The number of benzene rings is 1. The monoisotopic (exact) mass is 252 g/mol. The molecule has 1 heterocycles. The van der Waals surface area contributed by atoms with Crippen LogP contribution in [-0.2, 0) is 20.8 Å². The molecular weight excluding hydrogens is 232 g/mol. The van der Waals surface area contributed by atoms with Crippen molar-refractivity contribution in [3.8, 4) is 0 Å². The third-order valence-corrected chi connectivity index (χ3v) is 2.86. The Hall–Kier alpha value is -0.940. The Morgan fingerprint density at radius 1 is 1.17 bits per heavy atom. The molecule has 18 heavy (non-hydrogen) atoms. The minimum Gasteiger partial charge on any atom is -0.394 e. The van der Waals surface area contributed by atoms with Crippen molar-refractivity contribution in [3.05, 3.63) is 35.9 Å². The maximum atomic E-state index is 9.22. The van der Waals surface area contributed by atoms with Crippen LogP contribution in [0.2, 0.25) is 0 Å². The normalized spacial score (nSPS) is 26.4. The Kier molecular flexibility index (Phi) is 4.35. The molecule has 1 aliphatic heterocycles. The summed E-state index contributed by atoms with van der Waals surface area (Å²) < 4.78 is 16.9. The molecule has 0 spiro atoms. The molecule has 2 atom stereocenters. The maximum absolute atomic E-state index is 9.22. The lowest BCUT2D eigenvalue weighted by atomic mass is 10.2. The van der Waals surface area contributed by atoms with E-state index in [4.69, 9.17) is 14.2 Å². The van der Waals surface area contributed by atoms with E-state index in [-0.39, 0.29) is 18.8 Å². The lowest BCUT2D eigenvalue weighted by Crippen LogP contribution is -2.30. The van der Waals surface area contributed by atoms with Gasteiger partial charge in [-0.1, -0.05) is 30.3 Å². The summed E-state index contributed by atoms with van der Waals surface area (Å²) in [4.78, 5) is 0. The fraction of sp³-hybridized carbons (Fsp3) is 0.571. The Balaban J connectivity index is 1.80. The van der Waals surface area contributed by atoms with Crippen LogP contribution in [-0.4, -0.2) is 36.3 Å². The van der Waals surface area contributed by atoms with Crippen LogP contribution in [0, 0.1) is 0 Å². The number of hydrogen-bond donors (Lipinski definition) is 1. The number of rotatable bonds is 5. The Bertz CT molecular complexity index is 363. The molecular formula is C14H20O4. The van der Waals surface area contributed by atoms with Gasteiger partial charge in [-0.15, -0.1) is 0 Å². The van der Waals surface area contributed by atoms with Crippen molar-refractivity contribution in [2.75, 3.05) is 13.2 Å². The van der Waals surface area contributed by atoms with E-state index in [2.05, 4.69) is 0 Å². The van der Waals surface area contributed by atoms with Gasteiger partial charge in [-0.3, -0.25) is 0 Å². The van der Waals surface area contributed by atoms with Crippen molar-refractivity contribution in [1.29, 1.82) is 0 Å². The highest BCUT2D eigenvalue weighted by Crippen LogP contribution is 2.28. The highest BCUT2D eigenvalue weighted by molar-refractivity contribution is 5.13. The highest BCUT2D eigenvalue weighted by Gasteiger charge is 2.40. The van der Waals surface area contributed by atoms with Gasteiger partial charge in [0.25, 0.3) is 0 Å². The van der Waals surface area contributed by atoms with Gasteiger partial charge in [0.1, 0.15) is 12.2 Å². The molecule has 0 radical (unpaired) electrons. The first kappa shape index (κ1) is 13.5. The molecule has 100 valence electrons. The standard InChI is InChI=1S/C14H20O4/c1-14(2)17-12(8-15)13(18-14)10-16-9-11-6-4-3-5-7-11/h3-7,12-13,15H,8-10H2,1-2H3/t12-,13-/m1/s1. The van der Waals surface area contributed by atoms with Crippen LogP contribution in [0.4, 0.5) is 0 Å². The average Bonchev–Trinajstić information content (AvgIpc) is 2.65. The van der Waals surface area contributed by atoms with Crippen molar-refractivity contribution < 1.29 is 19.3 Å². The molecule has 1 fully saturated rings. The van der Waals surface area contributed by atoms with Gasteiger partial charge in [0.2, 0.25) is 0 Å². The minimum absolute atomic E-state index is 0.0528. The zero-order valence-corrected chi connectivity index (χ0v) is 10.8. The van der Waals surface area contributed by atoms with Crippen LogP contribution in [0.5, 0.6) is 0 Å². The lowest BCUT2D eigenvalue weighted by molar-refractivity contribution is -0.153. The quantitative estimate of drug-likeness (QED) is 0.866. The first-order valence-corrected chi connectivity index (χ1v) is 6.19. The summed E-state index contributed by atoms with van der Waals surface area (Å²) in [6.45, 7) is 4.59.